The number of hydrogen-bond donors (Lipinski definition) is 0. The summed E-state index contributed by atoms with van der Waals surface area (Å²) in [5.41, 5.74) is 0.945. The van der Waals surface area contributed by atoms with Crippen LogP contribution in [0.1, 0.15) is 26.0 Å². The summed E-state index contributed by atoms with van der Waals surface area (Å²) in [6.07, 6.45) is 4.92. The molecule has 0 saturated heterocycles. The molecule has 1 radical (unpaired) electrons. The fraction of sp³-hybridized carbons (Fsp3) is 0.625. The molecule has 1 rings (SSSR count). The Morgan fingerprint density at radius 1 is 1.55 bits per heavy atom. The molecular formula is C8H12ClN2. The molecule has 0 aliphatic carbocycles. The van der Waals surface area contributed by atoms with E-state index in [0.29, 0.717) is 5.02 Å². The molecule has 0 aliphatic heterocycles. The largest absolute Gasteiger partial charge is 0.261 e. The van der Waals surface area contributed by atoms with Crippen molar-refractivity contribution in [1.29, 1.82) is 0 Å². The van der Waals surface area contributed by atoms with Gasteiger partial charge in [-0.1, -0.05) is 25.4 Å². The van der Waals surface area contributed by atoms with Crippen molar-refractivity contribution in [1.82, 2.24) is 9.78 Å². The smallest absolute Gasteiger partial charge is 0.107 e. The van der Waals surface area contributed by atoms with Gasteiger partial charge < -0.3 is 0 Å². The average Bonchev–Trinajstić information content (AvgIpc) is 2.32. The lowest BCUT2D eigenvalue weighted by Gasteiger charge is -1.93. The van der Waals surface area contributed by atoms with E-state index in [4.69, 9.17) is 11.6 Å². The minimum Gasteiger partial charge on any atom is -0.261 e. The van der Waals surface area contributed by atoms with E-state index in [1.165, 1.54) is 0 Å². The average molecular weight is 172 g/mol. The molecule has 0 unspecified atom stereocenters. The molecule has 1 aromatic rings. The van der Waals surface area contributed by atoms with Crippen molar-refractivity contribution in [3.63, 3.8) is 0 Å². The molecule has 0 saturated carbocycles. The Kier molecular flexibility index (Phi) is 2.94. The molecule has 0 spiro atoms. The van der Waals surface area contributed by atoms with E-state index >= 15 is 0 Å². The summed E-state index contributed by atoms with van der Waals surface area (Å²) < 4.78 is 1.78. The molecular weight excluding hydrogens is 160 g/mol. The van der Waals surface area contributed by atoms with Crippen LogP contribution in [0.4, 0.5) is 0 Å². The molecule has 3 heteroatoms. The molecule has 1 aromatic heterocycles. The van der Waals surface area contributed by atoms with Gasteiger partial charge in [0.15, 0.2) is 0 Å². The molecule has 0 atom stereocenters. The minimum atomic E-state index is 0.668. The Balaban J connectivity index is 2.77. The first-order valence-electron chi connectivity index (χ1n) is 3.92. The number of aryl methyl sites for hydroxylation is 2. The van der Waals surface area contributed by atoms with E-state index in [2.05, 4.69) is 18.2 Å². The Hall–Kier alpha value is -0.500. The number of hydrogen-bond acceptors (Lipinski definition) is 1. The normalized spacial score (nSPS) is 10.5. The molecule has 0 N–H and O–H groups in total. The summed E-state index contributed by atoms with van der Waals surface area (Å²) in [7, 11) is 0. The number of nitrogens with zero attached hydrogens (tertiary/aromatic N) is 2. The lowest BCUT2D eigenvalue weighted by Crippen LogP contribution is -1.97. The van der Waals surface area contributed by atoms with E-state index in [-0.39, 0.29) is 0 Å². The van der Waals surface area contributed by atoms with Crippen LogP contribution in [0, 0.1) is 6.20 Å². The van der Waals surface area contributed by atoms with Crippen LogP contribution in [0.3, 0.4) is 0 Å². The Labute approximate surface area is 72.2 Å². The highest BCUT2D eigenvalue weighted by molar-refractivity contribution is 6.30. The molecule has 1 heterocycles. The van der Waals surface area contributed by atoms with Crippen molar-refractivity contribution in [3.8, 4) is 0 Å². The Morgan fingerprint density at radius 3 is 2.73 bits per heavy atom. The zero-order valence-electron chi connectivity index (χ0n) is 6.89. The van der Waals surface area contributed by atoms with Crippen molar-refractivity contribution < 1.29 is 0 Å². The van der Waals surface area contributed by atoms with Gasteiger partial charge in [0, 0.05) is 6.54 Å². The van der Waals surface area contributed by atoms with Crippen LogP contribution in [0.15, 0.2) is 0 Å². The summed E-state index contributed by atoms with van der Waals surface area (Å²) in [5, 5.41) is 4.91. The first-order valence-corrected chi connectivity index (χ1v) is 4.30. The molecule has 2 nitrogen and oxygen atoms in total. The molecule has 0 fully saturated rings. The quantitative estimate of drug-likeness (QED) is 0.683. The van der Waals surface area contributed by atoms with Gasteiger partial charge in [0.25, 0.3) is 0 Å². The van der Waals surface area contributed by atoms with E-state index in [1.807, 2.05) is 6.92 Å². The lowest BCUT2D eigenvalue weighted by molar-refractivity contribution is 0.591. The fourth-order valence-electron chi connectivity index (χ4n) is 0.936. The van der Waals surface area contributed by atoms with Crippen molar-refractivity contribution in [2.45, 2.75) is 33.2 Å². The zero-order valence-corrected chi connectivity index (χ0v) is 7.65. The summed E-state index contributed by atoms with van der Waals surface area (Å²) in [6.45, 7) is 5.05. The van der Waals surface area contributed by atoms with E-state index in [9.17, 15) is 0 Å². The van der Waals surface area contributed by atoms with Crippen LogP contribution >= 0.6 is 11.6 Å². The van der Waals surface area contributed by atoms with Crippen molar-refractivity contribution in [2.75, 3.05) is 0 Å². The molecule has 0 bridgehead atoms. The van der Waals surface area contributed by atoms with Crippen LogP contribution in [-0.2, 0) is 13.0 Å². The predicted octanol–water partition coefficient (Wildman–Crippen LogP) is 2.31. The van der Waals surface area contributed by atoms with Gasteiger partial charge in [0.2, 0.25) is 0 Å². The van der Waals surface area contributed by atoms with Gasteiger partial charge >= 0.3 is 0 Å². The van der Waals surface area contributed by atoms with Crippen LogP contribution < -0.4 is 0 Å². The summed E-state index contributed by atoms with van der Waals surface area (Å²) in [5.74, 6) is 0. The van der Waals surface area contributed by atoms with E-state index in [1.54, 1.807) is 4.68 Å². The maximum absolute atomic E-state index is 5.84. The first kappa shape index (κ1) is 8.60. The third-order valence-corrected chi connectivity index (χ3v) is 1.79. The third kappa shape index (κ3) is 1.96. The van der Waals surface area contributed by atoms with Gasteiger partial charge in [-0.3, -0.25) is 4.68 Å². The highest BCUT2D eigenvalue weighted by Crippen LogP contribution is 2.13. The van der Waals surface area contributed by atoms with Crippen molar-refractivity contribution >= 4 is 11.6 Å². The van der Waals surface area contributed by atoms with E-state index < -0.39 is 0 Å². The molecule has 11 heavy (non-hydrogen) atoms. The lowest BCUT2D eigenvalue weighted by atomic mass is 10.3. The molecule has 0 aromatic carbocycles. The Morgan fingerprint density at radius 2 is 2.27 bits per heavy atom. The highest BCUT2D eigenvalue weighted by atomic mass is 35.5. The summed E-state index contributed by atoms with van der Waals surface area (Å²) >= 11 is 5.84. The van der Waals surface area contributed by atoms with Crippen LogP contribution in [0.5, 0.6) is 0 Å². The topological polar surface area (TPSA) is 17.8 Å². The van der Waals surface area contributed by atoms with Crippen molar-refractivity contribution in [2.24, 2.45) is 0 Å². The first-order chi connectivity index (χ1) is 5.27. The second-order valence-corrected chi connectivity index (χ2v) is 2.83. The number of rotatable bonds is 3. The SMILES string of the molecule is CCCn1[c]c(Cl)c(CC)n1. The van der Waals surface area contributed by atoms with Crippen LogP contribution in [-0.4, -0.2) is 9.78 Å². The predicted molar refractivity (Wildman–Crippen MR) is 45.7 cm³/mol. The van der Waals surface area contributed by atoms with Gasteiger partial charge in [-0.05, 0) is 12.8 Å². The Bertz CT molecular complexity index is 230. The zero-order chi connectivity index (χ0) is 8.27. The summed E-state index contributed by atoms with van der Waals surface area (Å²) in [4.78, 5) is 0. The third-order valence-electron chi connectivity index (χ3n) is 1.49. The summed E-state index contributed by atoms with van der Waals surface area (Å²) in [6, 6.07) is 0. The van der Waals surface area contributed by atoms with Crippen molar-refractivity contribution in [3.05, 3.63) is 16.9 Å². The van der Waals surface area contributed by atoms with E-state index in [0.717, 1.165) is 25.1 Å². The molecule has 0 aliphatic rings. The molecule has 0 amide bonds. The van der Waals surface area contributed by atoms with Gasteiger partial charge in [-0.2, -0.15) is 5.10 Å². The minimum absolute atomic E-state index is 0.668. The number of halogens is 1. The van der Waals surface area contributed by atoms with Gasteiger partial charge in [-0.15, -0.1) is 0 Å². The van der Waals surface area contributed by atoms with Crippen LogP contribution in [0.25, 0.3) is 0 Å². The molecule has 61 valence electrons. The van der Waals surface area contributed by atoms with Gasteiger partial charge in [-0.25, -0.2) is 0 Å². The highest BCUT2D eigenvalue weighted by Gasteiger charge is 2.03. The number of aromatic nitrogens is 2. The second kappa shape index (κ2) is 3.77. The second-order valence-electron chi connectivity index (χ2n) is 2.45. The van der Waals surface area contributed by atoms with Crippen LogP contribution in [0.2, 0.25) is 5.02 Å². The maximum Gasteiger partial charge on any atom is 0.107 e. The monoisotopic (exact) mass is 171 g/mol. The fourth-order valence-corrected chi connectivity index (χ4v) is 1.21. The standard InChI is InChI=1S/C8H12ClN2/c1-3-5-11-6-7(9)8(4-2)10-11/h3-5H2,1-2H3. The van der Waals surface area contributed by atoms with Gasteiger partial charge in [0.1, 0.15) is 6.20 Å². The van der Waals surface area contributed by atoms with Gasteiger partial charge in [0.05, 0.1) is 10.7 Å². The maximum atomic E-state index is 5.84.